The van der Waals surface area contributed by atoms with Crippen molar-refractivity contribution in [2.75, 3.05) is 18.0 Å². The van der Waals surface area contributed by atoms with Gasteiger partial charge in [0.25, 0.3) is 0 Å². The molecule has 6 nitrogen and oxygen atoms in total. The summed E-state index contributed by atoms with van der Waals surface area (Å²) in [5.41, 5.74) is 1.28. The Hall–Kier alpha value is -2.87. The normalized spacial score (nSPS) is 31.6. The van der Waals surface area contributed by atoms with Crippen LogP contribution >= 0.6 is 11.3 Å². The fourth-order valence-corrected chi connectivity index (χ4v) is 9.16. The molecular formula is C30H32N2O4S. The monoisotopic (exact) mass is 516 g/mol. The fraction of sp³-hybridized carbons (Fsp3) is 0.433. The van der Waals surface area contributed by atoms with Crippen molar-refractivity contribution < 1.29 is 19.7 Å². The number of hydrogen-bond acceptors (Lipinski definition) is 6. The molecule has 0 radical (unpaired) electrons. The van der Waals surface area contributed by atoms with Crippen molar-refractivity contribution >= 4 is 33.0 Å². The van der Waals surface area contributed by atoms with Crippen molar-refractivity contribution in [1.29, 1.82) is 0 Å². The molecule has 2 N–H and O–H groups in total. The highest BCUT2D eigenvalue weighted by atomic mass is 32.1. The third-order valence-corrected chi connectivity index (χ3v) is 10.5. The van der Waals surface area contributed by atoms with Crippen LogP contribution in [0.25, 0.3) is 10.1 Å². The zero-order valence-corrected chi connectivity index (χ0v) is 22.1. The standard InChI is InChI=1S/C30H32N2O4S/c1-4-13-31-14-12-29-26-19-8-9-23(34)27(26)36-28(29)22(10-11-30(29,35)25(31)16-19)32(18(3)33)21-6-5-7-24-20(21)15-17(2)37-24/h4-9,15,22,25,28,34-35H,1,10-14,16H2,2-3H3/t22-,25+,28-,29-,30+/m0/s1. The molecular weight excluding hydrogens is 484 g/mol. The predicted octanol–water partition coefficient (Wildman–Crippen LogP) is 4.68. The van der Waals surface area contributed by atoms with E-state index in [9.17, 15) is 15.0 Å². The van der Waals surface area contributed by atoms with Crippen LogP contribution in [-0.2, 0) is 16.6 Å². The zero-order chi connectivity index (χ0) is 25.7. The molecule has 2 aliphatic heterocycles. The molecule has 3 heterocycles. The molecule has 7 heteroatoms. The Morgan fingerprint density at radius 2 is 2.16 bits per heavy atom. The van der Waals surface area contributed by atoms with E-state index in [0.29, 0.717) is 31.4 Å². The van der Waals surface area contributed by atoms with Crippen molar-refractivity contribution in [3.63, 3.8) is 0 Å². The molecule has 1 amide bonds. The molecule has 37 heavy (non-hydrogen) atoms. The van der Waals surface area contributed by atoms with Gasteiger partial charge in [-0.25, -0.2) is 0 Å². The lowest BCUT2D eigenvalue weighted by molar-refractivity contribution is -0.187. The highest BCUT2D eigenvalue weighted by Crippen LogP contribution is 2.66. The van der Waals surface area contributed by atoms with E-state index < -0.39 is 17.1 Å². The van der Waals surface area contributed by atoms with Crippen LogP contribution in [0.3, 0.4) is 0 Å². The molecule has 1 saturated carbocycles. The Balaban J connectivity index is 1.42. The van der Waals surface area contributed by atoms with Crippen LogP contribution in [0, 0.1) is 6.92 Å². The SMILES string of the molecule is C=CCN1CC[C@]23c4c5ccc(O)c4O[C@H]2[C@@H](N(C(C)=O)c2cccc4sc(C)cc24)CC[C@@]3(O)[C@H]1C5. The Morgan fingerprint density at radius 1 is 1.32 bits per heavy atom. The Labute approximate surface area is 220 Å². The lowest BCUT2D eigenvalue weighted by Crippen LogP contribution is -2.78. The summed E-state index contributed by atoms with van der Waals surface area (Å²) in [6, 6.07) is 11.7. The zero-order valence-electron chi connectivity index (χ0n) is 21.2. The summed E-state index contributed by atoms with van der Waals surface area (Å²) in [7, 11) is 0. The Bertz CT molecular complexity index is 1470. The van der Waals surface area contributed by atoms with Gasteiger partial charge in [0.15, 0.2) is 11.5 Å². The second kappa shape index (κ2) is 7.82. The lowest BCUT2D eigenvalue weighted by Gasteiger charge is -2.64. The van der Waals surface area contributed by atoms with E-state index in [4.69, 9.17) is 4.74 Å². The van der Waals surface area contributed by atoms with Gasteiger partial charge < -0.3 is 19.8 Å². The molecule has 2 aromatic carbocycles. The summed E-state index contributed by atoms with van der Waals surface area (Å²) in [4.78, 5) is 18.9. The first-order chi connectivity index (χ1) is 17.8. The van der Waals surface area contributed by atoms with Gasteiger partial charge in [-0.1, -0.05) is 18.2 Å². The summed E-state index contributed by atoms with van der Waals surface area (Å²) >= 11 is 1.73. The number of anilines is 1. The van der Waals surface area contributed by atoms with Crippen LogP contribution < -0.4 is 9.64 Å². The summed E-state index contributed by atoms with van der Waals surface area (Å²) in [5.74, 6) is 0.570. The van der Waals surface area contributed by atoms with Gasteiger partial charge in [-0.3, -0.25) is 9.69 Å². The lowest BCUT2D eigenvalue weighted by atomic mass is 9.48. The van der Waals surface area contributed by atoms with Crippen LogP contribution in [0.2, 0.25) is 0 Å². The van der Waals surface area contributed by atoms with E-state index in [0.717, 1.165) is 40.0 Å². The smallest absolute Gasteiger partial charge is 0.224 e. The van der Waals surface area contributed by atoms with Crippen molar-refractivity contribution in [1.82, 2.24) is 4.90 Å². The number of nitrogens with zero attached hydrogens (tertiary/aromatic N) is 2. The molecule has 5 atom stereocenters. The van der Waals surface area contributed by atoms with Crippen molar-refractivity contribution in [2.24, 2.45) is 0 Å². The first-order valence-corrected chi connectivity index (χ1v) is 14.0. The molecule has 1 aromatic heterocycles. The van der Waals surface area contributed by atoms with Gasteiger partial charge in [-0.05, 0) is 69.0 Å². The number of carbonyl (C=O) groups excluding carboxylic acids is 1. The minimum Gasteiger partial charge on any atom is -0.504 e. The molecule has 192 valence electrons. The van der Waals surface area contributed by atoms with E-state index in [-0.39, 0.29) is 23.7 Å². The number of amides is 1. The molecule has 4 aliphatic rings. The first-order valence-electron chi connectivity index (χ1n) is 13.2. The highest BCUT2D eigenvalue weighted by Gasteiger charge is 2.73. The number of aliphatic hydroxyl groups is 1. The van der Waals surface area contributed by atoms with E-state index in [1.807, 2.05) is 29.2 Å². The maximum atomic E-state index is 13.4. The molecule has 2 aliphatic carbocycles. The van der Waals surface area contributed by atoms with Crippen LogP contribution in [0.4, 0.5) is 5.69 Å². The molecule has 2 bridgehead atoms. The molecule has 1 saturated heterocycles. The number of phenolic OH excluding ortho intramolecular Hbond substituents is 1. The third kappa shape index (κ3) is 2.85. The summed E-state index contributed by atoms with van der Waals surface area (Å²) in [5, 5.41) is 24.6. The van der Waals surface area contributed by atoms with Gasteiger partial charge in [0.05, 0.1) is 22.7 Å². The average Bonchev–Trinajstić information content (AvgIpc) is 3.41. The third-order valence-electron chi connectivity index (χ3n) is 9.50. The minimum absolute atomic E-state index is 0.0383. The van der Waals surface area contributed by atoms with Gasteiger partial charge in [-0.15, -0.1) is 17.9 Å². The van der Waals surface area contributed by atoms with Crippen molar-refractivity contribution in [2.45, 2.75) is 68.7 Å². The number of phenols is 1. The molecule has 0 unspecified atom stereocenters. The Morgan fingerprint density at radius 3 is 2.95 bits per heavy atom. The van der Waals surface area contributed by atoms with Gasteiger partial charge in [0.2, 0.25) is 5.91 Å². The fourth-order valence-electron chi connectivity index (χ4n) is 8.22. The van der Waals surface area contributed by atoms with Crippen molar-refractivity contribution in [3.05, 3.63) is 65.1 Å². The number of ether oxygens (including phenoxy) is 1. The first kappa shape index (κ1) is 23.3. The van der Waals surface area contributed by atoms with Crippen molar-refractivity contribution in [3.8, 4) is 11.5 Å². The van der Waals surface area contributed by atoms with E-state index in [2.05, 4.69) is 30.5 Å². The predicted molar refractivity (Wildman–Crippen MR) is 146 cm³/mol. The highest BCUT2D eigenvalue weighted by molar-refractivity contribution is 7.19. The number of thiophene rings is 1. The van der Waals surface area contributed by atoms with E-state index >= 15 is 0 Å². The van der Waals surface area contributed by atoms with Gasteiger partial charge in [0.1, 0.15) is 6.10 Å². The summed E-state index contributed by atoms with van der Waals surface area (Å²) in [6.07, 6.45) is 4.04. The van der Waals surface area contributed by atoms with Gasteiger partial charge >= 0.3 is 0 Å². The second-order valence-corrected chi connectivity index (χ2v) is 12.5. The number of likely N-dealkylation sites (tertiary alicyclic amines) is 1. The average molecular weight is 517 g/mol. The second-order valence-electron chi connectivity index (χ2n) is 11.2. The van der Waals surface area contributed by atoms with Gasteiger partial charge in [-0.2, -0.15) is 0 Å². The number of benzene rings is 2. The number of rotatable bonds is 4. The largest absolute Gasteiger partial charge is 0.504 e. The van der Waals surface area contributed by atoms with Crippen LogP contribution in [0.15, 0.2) is 49.1 Å². The van der Waals surface area contributed by atoms with Crippen LogP contribution in [0.1, 0.15) is 42.2 Å². The number of aryl methyl sites for hydroxylation is 1. The number of carbonyl (C=O) groups is 1. The molecule has 1 spiro atoms. The minimum atomic E-state index is -1.02. The molecule has 2 fully saturated rings. The summed E-state index contributed by atoms with van der Waals surface area (Å²) in [6.45, 7) is 9.19. The number of piperidine rings is 1. The topological polar surface area (TPSA) is 73.2 Å². The van der Waals surface area contributed by atoms with E-state index in [1.165, 1.54) is 4.88 Å². The summed E-state index contributed by atoms with van der Waals surface area (Å²) < 4.78 is 7.86. The number of aromatic hydroxyl groups is 1. The van der Waals surface area contributed by atoms with Crippen LogP contribution in [-0.4, -0.2) is 57.9 Å². The number of hydrogen-bond donors (Lipinski definition) is 2. The van der Waals surface area contributed by atoms with Crippen LogP contribution in [0.5, 0.6) is 11.5 Å². The van der Waals surface area contributed by atoms with Gasteiger partial charge in [0, 0.05) is 40.0 Å². The maximum Gasteiger partial charge on any atom is 0.224 e. The quantitative estimate of drug-likeness (QED) is 0.493. The number of fused-ring (bicyclic) bond motifs is 1. The molecule has 7 rings (SSSR count). The molecule has 3 aromatic rings. The Kier molecular flexibility index (Phi) is 4.92. The van der Waals surface area contributed by atoms with E-state index in [1.54, 1.807) is 24.3 Å². The maximum absolute atomic E-state index is 13.4.